The first kappa shape index (κ1) is 15.9. The summed E-state index contributed by atoms with van der Waals surface area (Å²) in [6.45, 7) is 5.83. The second kappa shape index (κ2) is 5.93. The van der Waals surface area contributed by atoms with E-state index in [0.717, 1.165) is 27.8 Å². The fourth-order valence-electron chi connectivity index (χ4n) is 2.99. The Kier molecular flexibility index (Phi) is 3.94. The molecule has 0 aliphatic rings. The molecule has 0 aliphatic carbocycles. The Bertz CT molecular complexity index is 854. The SMILES string of the molecule is Cc1ccc(O)c(-c2cc(O)cc(-c3cc(C)ccc3O)c2C)c1. The molecule has 0 fully saturated rings. The van der Waals surface area contributed by atoms with Gasteiger partial charge in [-0.3, -0.25) is 0 Å². The van der Waals surface area contributed by atoms with Crippen molar-refractivity contribution in [2.75, 3.05) is 0 Å². The van der Waals surface area contributed by atoms with Crippen LogP contribution in [0.25, 0.3) is 22.3 Å². The van der Waals surface area contributed by atoms with Gasteiger partial charge in [-0.25, -0.2) is 0 Å². The van der Waals surface area contributed by atoms with Gasteiger partial charge in [0.05, 0.1) is 0 Å². The van der Waals surface area contributed by atoms with Gasteiger partial charge in [0.25, 0.3) is 0 Å². The van der Waals surface area contributed by atoms with Crippen LogP contribution in [0.5, 0.6) is 17.2 Å². The number of aryl methyl sites for hydroxylation is 2. The van der Waals surface area contributed by atoms with Crippen molar-refractivity contribution in [1.82, 2.24) is 0 Å². The second-order valence-electron chi connectivity index (χ2n) is 6.21. The minimum Gasteiger partial charge on any atom is -0.508 e. The normalized spacial score (nSPS) is 10.8. The van der Waals surface area contributed by atoms with Crippen LogP contribution in [0, 0.1) is 20.8 Å². The van der Waals surface area contributed by atoms with E-state index in [1.807, 2.05) is 45.0 Å². The average molecular weight is 320 g/mol. The maximum absolute atomic E-state index is 10.2. The van der Waals surface area contributed by atoms with E-state index in [4.69, 9.17) is 0 Å². The van der Waals surface area contributed by atoms with Crippen LogP contribution in [-0.4, -0.2) is 15.3 Å². The summed E-state index contributed by atoms with van der Waals surface area (Å²) in [6.07, 6.45) is 0. The highest BCUT2D eigenvalue weighted by atomic mass is 16.3. The van der Waals surface area contributed by atoms with Gasteiger partial charge in [-0.15, -0.1) is 0 Å². The monoisotopic (exact) mass is 320 g/mol. The van der Waals surface area contributed by atoms with Crippen molar-refractivity contribution in [3.63, 3.8) is 0 Å². The second-order valence-corrected chi connectivity index (χ2v) is 6.21. The molecule has 0 aromatic heterocycles. The van der Waals surface area contributed by atoms with Gasteiger partial charge >= 0.3 is 0 Å². The van der Waals surface area contributed by atoms with Gasteiger partial charge in [-0.1, -0.05) is 23.3 Å². The topological polar surface area (TPSA) is 60.7 Å². The molecule has 0 aliphatic heterocycles. The van der Waals surface area contributed by atoms with Crippen molar-refractivity contribution in [2.45, 2.75) is 20.8 Å². The van der Waals surface area contributed by atoms with Gasteiger partial charge in [-0.2, -0.15) is 0 Å². The summed E-state index contributed by atoms with van der Waals surface area (Å²) >= 11 is 0. The van der Waals surface area contributed by atoms with E-state index in [2.05, 4.69) is 0 Å². The molecule has 0 radical (unpaired) electrons. The molecule has 0 saturated carbocycles. The average Bonchev–Trinajstić information content (AvgIpc) is 2.54. The van der Waals surface area contributed by atoms with Crippen molar-refractivity contribution >= 4 is 0 Å². The van der Waals surface area contributed by atoms with E-state index in [9.17, 15) is 15.3 Å². The van der Waals surface area contributed by atoms with Crippen LogP contribution in [0.4, 0.5) is 0 Å². The van der Waals surface area contributed by atoms with E-state index in [0.29, 0.717) is 11.1 Å². The molecule has 0 spiro atoms. The van der Waals surface area contributed by atoms with Crippen molar-refractivity contribution in [2.24, 2.45) is 0 Å². The van der Waals surface area contributed by atoms with E-state index in [1.165, 1.54) is 0 Å². The van der Waals surface area contributed by atoms with Crippen molar-refractivity contribution in [1.29, 1.82) is 0 Å². The Morgan fingerprint density at radius 3 is 1.38 bits per heavy atom. The van der Waals surface area contributed by atoms with E-state index >= 15 is 0 Å². The number of phenols is 3. The molecule has 0 saturated heterocycles. The van der Waals surface area contributed by atoms with Crippen molar-refractivity contribution in [3.05, 3.63) is 65.2 Å². The number of aromatic hydroxyl groups is 3. The number of phenolic OH excluding ortho intramolecular Hbond substituents is 3. The third-order valence-electron chi connectivity index (χ3n) is 4.28. The zero-order valence-corrected chi connectivity index (χ0v) is 14.0. The van der Waals surface area contributed by atoms with Crippen LogP contribution in [0.15, 0.2) is 48.5 Å². The number of hydrogen-bond donors (Lipinski definition) is 3. The van der Waals surface area contributed by atoms with Gasteiger partial charge in [0.15, 0.2) is 0 Å². The molecule has 3 aromatic carbocycles. The van der Waals surface area contributed by atoms with Crippen LogP contribution < -0.4 is 0 Å². The molecule has 0 bridgehead atoms. The lowest BCUT2D eigenvalue weighted by atomic mass is 9.90. The zero-order chi connectivity index (χ0) is 17.4. The van der Waals surface area contributed by atoms with E-state index in [1.54, 1.807) is 24.3 Å². The van der Waals surface area contributed by atoms with Crippen molar-refractivity contribution in [3.8, 4) is 39.5 Å². The molecule has 3 heteroatoms. The Morgan fingerprint density at radius 1 is 0.542 bits per heavy atom. The Morgan fingerprint density at radius 2 is 0.958 bits per heavy atom. The summed E-state index contributed by atoms with van der Waals surface area (Å²) in [5.74, 6) is 0.412. The lowest BCUT2D eigenvalue weighted by Gasteiger charge is -2.16. The van der Waals surface area contributed by atoms with Crippen LogP contribution in [0.1, 0.15) is 16.7 Å². The maximum Gasteiger partial charge on any atom is 0.123 e. The molecule has 122 valence electrons. The summed E-state index contributed by atoms with van der Waals surface area (Å²) in [5, 5.41) is 30.7. The molecule has 3 nitrogen and oxygen atoms in total. The van der Waals surface area contributed by atoms with Gasteiger partial charge < -0.3 is 15.3 Å². The molecule has 0 unspecified atom stereocenters. The standard InChI is InChI=1S/C21H20O3/c1-12-4-6-20(23)18(8-12)16-10-15(22)11-17(14(16)3)19-9-13(2)5-7-21(19)24/h4-11,22-24H,1-3H3. The molecule has 3 aromatic rings. The van der Waals surface area contributed by atoms with Gasteiger partial charge in [0.2, 0.25) is 0 Å². The minimum absolute atomic E-state index is 0.0902. The predicted molar refractivity (Wildman–Crippen MR) is 96.5 cm³/mol. The lowest BCUT2D eigenvalue weighted by molar-refractivity contribution is 0.473. The molecule has 0 amide bonds. The third-order valence-corrected chi connectivity index (χ3v) is 4.28. The number of rotatable bonds is 2. The van der Waals surface area contributed by atoms with Crippen LogP contribution >= 0.6 is 0 Å². The Balaban J connectivity index is 2.30. The van der Waals surface area contributed by atoms with Gasteiger partial charge in [-0.05, 0) is 73.9 Å². The van der Waals surface area contributed by atoms with Crippen LogP contribution in [0.2, 0.25) is 0 Å². The number of benzene rings is 3. The highest BCUT2D eigenvalue weighted by molar-refractivity contribution is 5.84. The largest absolute Gasteiger partial charge is 0.508 e. The maximum atomic E-state index is 10.2. The lowest BCUT2D eigenvalue weighted by Crippen LogP contribution is -1.91. The van der Waals surface area contributed by atoms with E-state index in [-0.39, 0.29) is 17.2 Å². The zero-order valence-electron chi connectivity index (χ0n) is 14.0. The predicted octanol–water partition coefficient (Wildman–Crippen LogP) is 5.06. The Hall–Kier alpha value is -2.94. The molecule has 0 heterocycles. The molecule has 3 rings (SSSR count). The highest BCUT2D eigenvalue weighted by Crippen LogP contribution is 2.41. The summed E-state index contributed by atoms with van der Waals surface area (Å²) in [5.41, 5.74) is 5.73. The summed E-state index contributed by atoms with van der Waals surface area (Å²) < 4.78 is 0. The van der Waals surface area contributed by atoms with Crippen LogP contribution in [0.3, 0.4) is 0 Å². The minimum atomic E-state index is 0.0902. The number of hydrogen-bond acceptors (Lipinski definition) is 3. The molecular weight excluding hydrogens is 300 g/mol. The summed E-state index contributed by atoms with van der Waals surface area (Å²) in [4.78, 5) is 0. The highest BCUT2D eigenvalue weighted by Gasteiger charge is 2.15. The molecule has 24 heavy (non-hydrogen) atoms. The smallest absolute Gasteiger partial charge is 0.123 e. The summed E-state index contributed by atoms with van der Waals surface area (Å²) in [7, 11) is 0. The summed E-state index contributed by atoms with van der Waals surface area (Å²) in [6, 6.07) is 14.0. The Labute approximate surface area is 141 Å². The fourth-order valence-corrected chi connectivity index (χ4v) is 2.99. The van der Waals surface area contributed by atoms with Gasteiger partial charge in [0, 0.05) is 11.1 Å². The first-order valence-electron chi connectivity index (χ1n) is 7.80. The molecule has 0 atom stereocenters. The van der Waals surface area contributed by atoms with Gasteiger partial charge in [0.1, 0.15) is 17.2 Å². The third kappa shape index (κ3) is 2.81. The van der Waals surface area contributed by atoms with Crippen molar-refractivity contribution < 1.29 is 15.3 Å². The molecular formula is C21H20O3. The van der Waals surface area contributed by atoms with E-state index < -0.39 is 0 Å². The van der Waals surface area contributed by atoms with Crippen LogP contribution in [-0.2, 0) is 0 Å². The first-order chi connectivity index (χ1) is 11.4. The quantitative estimate of drug-likeness (QED) is 0.618. The molecule has 3 N–H and O–H groups in total. The first-order valence-corrected chi connectivity index (χ1v) is 7.80. The fraction of sp³-hybridized carbons (Fsp3) is 0.143.